The van der Waals surface area contributed by atoms with Gasteiger partial charge in [0.15, 0.2) is 0 Å². The molecule has 3 N–H and O–H groups in total. The molecule has 0 saturated heterocycles. The van der Waals surface area contributed by atoms with Gasteiger partial charge in [-0.1, -0.05) is 19.8 Å². The summed E-state index contributed by atoms with van der Waals surface area (Å²) in [5.74, 6) is 1.41. The second-order valence-electron chi connectivity index (χ2n) is 4.40. The van der Waals surface area contributed by atoms with Gasteiger partial charge in [0, 0.05) is 6.54 Å². The molecular weight excluding hydrogens is 178 g/mol. The van der Waals surface area contributed by atoms with Gasteiger partial charge < -0.3 is 15.6 Å². The Kier molecular flexibility index (Phi) is 5.45. The van der Waals surface area contributed by atoms with Crippen LogP contribution in [0.2, 0.25) is 0 Å². The zero-order valence-electron chi connectivity index (χ0n) is 9.11. The molecule has 0 spiro atoms. The van der Waals surface area contributed by atoms with Crippen LogP contribution in [0.25, 0.3) is 0 Å². The van der Waals surface area contributed by atoms with Crippen molar-refractivity contribution in [3.8, 4) is 0 Å². The Morgan fingerprint density at radius 2 is 2.29 bits per heavy atom. The van der Waals surface area contributed by atoms with Crippen LogP contribution in [0.4, 0.5) is 0 Å². The summed E-state index contributed by atoms with van der Waals surface area (Å²) in [6, 6.07) is 0. The number of ether oxygens (including phenoxy) is 1. The van der Waals surface area contributed by atoms with E-state index >= 15 is 0 Å². The van der Waals surface area contributed by atoms with Crippen LogP contribution in [-0.4, -0.2) is 31.0 Å². The van der Waals surface area contributed by atoms with Crippen molar-refractivity contribution in [1.29, 1.82) is 0 Å². The van der Waals surface area contributed by atoms with E-state index in [4.69, 9.17) is 15.6 Å². The Morgan fingerprint density at radius 3 is 2.86 bits per heavy atom. The van der Waals surface area contributed by atoms with E-state index in [0.29, 0.717) is 19.1 Å². The molecule has 0 aromatic carbocycles. The summed E-state index contributed by atoms with van der Waals surface area (Å²) in [5, 5.41) is 8.70. The Labute approximate surface area is 86.6 Å². The zero-order chi connectivity index (χ0) is 10.4. The normalized spacial score (nSPS) is 30.2. The summed E-state index contributed by atoms with van der Waals surface area (Å²) in [6.45, 7) is 3.40. The predicted molar refractivity (Wildman–Crippen MR) is 57.0 cm³/mol. The molecule has 3 unspecified atom stereocenters. The van der Waals surface area contributed by atoms with Crippen LogP contribution >= 0.6 is 0 Å². The molecule has 0 aromatic rings. The highest BCUT2D eigenvalue weighted by molar-refractivity contribution is 4.78. The van der Waals surface area contributed by atoms with Crippen molar-refractivity contribution >= 4 is 0 Å². The van der Waals surface area contributed by atoms with Crippen LogP contribution in [0, 0.1) is 11.8 Å². The fourth-order valence-corrected chi connectivity index (χ4v) is 2.42. The van der Waals surface area contributed by atoms with Crippen molar-refractivity contribution in [2.45, 2.75) is 38.7 Å². The van der Waals surface area contributed by atoms with E-state index in [0.717, 1.165) is 5.92 Å². The first-order valence-electron chi connectivity index (χ1n) is 5.70. The molecule has 1 fully saturated rings. The number of rotatable bonds is 5. The topological polar surface area (TPSA) is 55.5 Å². The average molecular weight is 201 g/mol. The Morgan fingerprint density at radius 1 is 1.50 bits per heavy atom. The molecule has 0 amide bonds. The predicted octanol–water partition coefficient (Wildman–Crippen LogP) is 1.15. The lowest BCUT2D eigenvalue weighted by molar-refractivity contribution is -0.0148. The third kappa shape index (κ3) is 3.56. The van der Waals surface area contributed by atoms with Gasteiger partial charge in [0.1, 0.15) is 0 Å². The number of hydrogen-bond acceptors (Lipinski definition) is 3. The summed E-state index contributed by atoms with van der Waals surface area (Å²) >= 11 is 0. The molecule has 0 heterocycles. The molecule has 3 nitrogen and oxygen atoms in total. The Balaban J connectivity index is 2.34. The molecule has 3 atom stereocenters. The van der Waals surface area contributed by atoms with Gasteiger partial charge in [-0.3, -0.25) is 0 Å². The van der Waals surface area contributed by atoms with Crippen molar-refractivity contribution in [3.05, 3.63) is 0 Å². The first-order valence-corrected chi connectivity index (χ1v) is 5.70. The van der Waals surface area contributed by atoms with E-state index in [9.17, 15) is 0 Å². The van der Waals surface area contributed by atoms with Crippen molar-refractivity contribution in [2.75, 3.05) is 19.8 Å². The van der Waals surface area contributed by atoms with Gasteiger partial charge in [0.2, 0.25) is 0 Å². The highest BCUT2D eigenvalue weighted by Crippen LogP contribution is 2.31. The molecule has 1 saturated carbocycles. The lowest BCUT2D eigenvalue weighted by atomic mass is 9.79. The Bertz CT molecular complexity index is 152. The van der Waals surface area contributed by atoms with Crippen LogP contribution < -0.4 is 5.73 Å². The molecular formula is C11H23NO2. The van der Waals surface area contributed by atoms with Gasteiger partial charge in [-0.25, -0.2) is 0 Å². The van der Waals surface area contributed by atoms with Gasteiger partial charge in [-0.05, 0) is 24.7 Å². The van der Waals surface area contributed by atoms with Gasteiger partial charge in [0.05, 0.1) is 19.3 Å². The summed E-state index contributed by atoms with van der Waals surface area (Å²) < 4.78 is 5.55. The molecule has 84 valence electrons. The van der Waals surface area contributed by atoms with Crippen molar-refractivity contribution in [2.24, 2.45) is 17.6 Å². The van der Waals surface area contributed by atoms with Gasteiger partial charge in [-0.15, -0.1) is 0 Å². The third-order valence-corrected chi connectivity index (χ3v) is 3.16. The fraction of sp³-hybridized carbons (Fsp3) is 1.00. The van der Waals surface area contributed by atoms with Gasteiger partial charge in [-0.2, -0.15) is 0 Å². The number of aliphatic hydroxyl groups excluding tert-OH is 1. The molecule has 14 heavy (non-hydrogen) atoms. The van der Waals surface area contributed by atoms with E-state index < -0.39 is 0 Å². The zero-order valence-corrected chi connectivity index (χ0v) is 9.11. The van der Waals surface area contributed by atoms with E-state index in [1.165, 1.54) is 25.7 Å². The van der Waals surface area contributed by atoms with E-state index in [1.807, 2.05) is 0 Å². The summed E-state index contributed by atoms with van der Waals surface area (Å²) in [6.07, 6.45) is 5.26. The maximum absolute atomic E-state index is 8.70. The molecule has 0 aromatic heterocycles. The second-order valence-corrected chi connectivity index (χ2v) is 4.40. The average Bonchev–Trinajstić information content (AvgIpc) is 2.19. The first-order chi connectivity index (χ1) is 6.77. The number of nitrogens with two attached hydrogens (primary N) is 1. The van der Waals surface area contributed by atoms with E-state index in [1.54, 1.807) is 0 Å². The van der Waals surface area contributed by atoms with Crippen LogP contribution in [-0.2, 0) is 4.74 Å². The largest absolute Gasteiger partial charge is 0.394 e. The van der Waals surface area contributed by atoms with Crippen LogP contribution in [0.1, 0.15) is 32.6 Å². The molecule has 0 aliphatic heterocycles. The van der Waals surface area contributed by atoms with E-state index in [-0.39, 0.29) is 12.7 Å². The molecule has 1 aliphatic rings. The highest BCUT2D eigenvalue weighted by Gasteiger charge is 2.26. The SMILES string of the molecule is CC1CCCC(C(CN)OCCO)C1. The standard InChI is InChI=1S/C11H23NO2/c1-9-3-2-4-10(7-9)11(8-12)14-6-5-13/h9-11,13H,2-8,12H2,1H3. The van der Waals surface area contributed by atoms with Crippen LogP contribution in [0.15, 0.2) is 0 Å². The quantitative estimate of drug-likeness (QED) is 0.701. The lowest BCUT2D eigenvalue weighted by Gasteiger charge is -2.32. The molecule has 1 aliphatic carbocycles. The summed E-state index contributed by atoms with van der Waals surface area (Å²) in [4.78, 5) is 0. The van der Waals surface area contributed by atoms with Gasteiger partial charge >= 0.3 is 0 Å². The summed E-state index contributed by atoms with van der Waals surface area (Å²) in [7, 11) is 0. The molecule has 0 bridgehead atoms. The fourth-order valence-electron chi connectivity index (χ4n) is 2.42. The minimum absolute atomic E-state index is 0.0960. The monoisotopic (exact) mass is 201 g/mol. The highest BCUT2D eigenvalue weighted by atomic mass is 16.5. The number of hydrogen-bond donors (Lipinski definition) is 2. The van der Waals surface area contributed by atoms with Crippen molar-refractivity contribution in [1.82, 2.24) is 0 Å². The first kappa shape index (κ1) is 12.0. The number of aliphatic hydroxyl groups is 1. The second kappa shape index (κ2) is 6.38. The maximum atomic E-state index is 8.70. The third-order valence-electron chi connectivity index (χ3n) is 3.16. The molecule has 1 rings (SSSR count). The minimum atomic E-state index is 0.0960. The molecule has 3 heteroatoms. The van der Waals surface area contributed by atoms with Crippen molar-refractivity contribution in [3.63, 3.8) is 0 Å². The summed E-state index contributed by atoms with van der Waals surface area (Å²) in [5.41, 5.74) is 5.68. The maximum Gasteiger partial charge on any atom is 0.0726 e. The smallest absolute Gasteiger partial charge is 0.0726 e. The van der Waals surface area contributed by atoms with Gasteiger partial charge in [0.25, 0.3) is 0 Å². The van der Waals surface area contributed by atoms with Crippen LogP contribution in [0.3, 0.4) is 0 Å². The lowest BCUT2D eigenvalue weighted by Crippen LogP contribution is -2.35. The molecule has 0 radical (unpaired) electrons. The minimum Gasteiger partial charge on any atom is -0.394 e. The van der Waals surface area contributed by atoms with Crippen molar-refractivity contribution < 1.29 is 9.84 Å². The van der Waals surface area contributed by atoms with Crippen LogP contribution in [0.5, 0.6) is 0 Å². The van der Waals surface area contributed by atoms with E-state index in [2.05, 4.69) is 6.92 Å². The Hall–Kier alpha value is -0.120.